The summed E-state index contributed by atoms with van der Waals surface area (Å²) in [7, 11) is 0. The van der Waals surface area contributed by atoms with Crippen LogP contribution < -0.4 is 0 Å². The lowest BCUT2D eigenvalue weighted by molar-refractivity contribution is -0.134. The molecule has 2 fully saturated rings. The molecule has 0 spiro atoms. The Morgan fingerprint density at radius 1 is 1.38 bits per heavy atom. The average Bonchev–Trinajstić information content (AvgIpc) is 3.29. The van der Waals surface area contributed by atoms with Crippen molar-refractivity contribution in [2.45, 2.75) is 25.2 Å². The minimum absolute atomic E-state index is 0.0156. The Balaban J connectivity index is 1.67. The number of aliphatic hydroxyl groups excluding tert-OH is 1. The molecule has 5 heteroatoms. The first-order valence-electron chi connectivity index (χ1n) is 7.44. The standard InChI is InChI=1S/C16H19F2NO2/c17-11-3-4-15(18)13(6-11)12-7-14(12)16(21)19-5-1-2-10(8-19)9-20/h3-4,6,10,12,14,20H,1-2,5,7-9H2. The molecule has 1 aliphatic heterocycles. The van der Waals surface area contributed by atoms with Crippen LogP contribution in [-0.2, 0) is 4.79 Å². The molecule has 0 radical (unpaired) electrons. The van der Waals surface area contributed by atoms with E-state index in [4.69, 9.17) is 0 Å². The molecule has 3 rings (SSSR count). The molecule has 3 unspecified atom stereocenters. The molecule has 1 aliphatic carbocycles. The van der Waals surface area contributed by atoms with Crippen LogP contribution in [0.1, 0.15) is 30.7 Å². The monoisotopic (exact) mass is 295 g/mol. The Morgan fingerprint density at radius 3 is 2.95 bits per heavy atom. The summed E-state index contributed by atoms with van der Waals surface area (Å²) in [6.07, 6.45) is 2.41. The van der Waals surface area contributed by atoms with E-state index in [1.54, 1.807) is 4.90 Å². The lowest BCUT2D eigenvalue weighted by Gasteiger charge is -2.32. The number of amides is 1. The number of nitrogens with zero attached hydrogens (tertiary/aromatic N) is 1. The number of benzene rings is 1. The SMILES string of the molecule is O=C(C1CC1c1cc(F)ccc1F)N1CCCC(CO)C1. The first kappa shape index (κ1) is 14.4. The molecule has 2 aliphatic rings. The van der Waals surface area contributed by atoms with Crippen molar-refractivity contribution in [1.29, 1.82) is 0 Å². The molecule has 0 bridgehead atoms. The number of carbonyl (C=O) groups excluding carboxylic acids is 1. The van der Waals surface area contributed by atoms with Crippen molar-refractivity contribution < 1.29 is 18.7 Å². The summed E-state index contributed by atoms with van der Waals surface area (Å²) in [6, 6.07) is 3.40. The van der Waals surface area contributed by atoms with Crippen LogP contribution in [0.15, 0.2) is 18.2 Å². The molecule has 21 heavy (non-hydrogen) atoms. The predicted octanol–water partition coefficient (Wildman–Crippen LogP) is 2.30. The second-order valence-corrected chi connectivity index (χ2v) is 6.09. The molecular formula is C16H19F2NO2. The topological polar surface area (TPSA) is 40.5 Å². The fourth-order valence-corrected chi connectivity index (χ4v) is 3.26. The van der Waals surface area contributed by atoms with E-state index in [1.807, 2.05) is 0 Å². The number of hydrogen-bond acceptors (Lipinski definition) is 2. The van der Waals surface area contributed by atoms with Crippen molar-refractivity contribution in [2.24, 2.45) is 11.8 Å². The van der Waals surface area contributed by atoms with E-state index >= 15 is 0 Å². The van der Waals surface area contributed by atoms with Crippen molar-refractivity contribution in [3.63, 3.8) is 0 Å². The molecule has 1 N–H and O–H groups in total. The van der Waals surface area contributed by atoms with Crippen molar-refractivity contribution in [1.82, 2.24) is 4.90 Å². The summed E-state index contributed by atoms with van der Waals surface area (Å²) in [5.74, 6) is -1.19. The number of aliphatic hydroxyl groups is 1. The molecule has 1 amide bonds. The minimum Gasteiger partial charge on any atom is -0.396 e. The third kappa shape index (κ3) is 2.93. The van der Waals surface area contributed by atoms with Crippen molar-refractivity contribution in [3.8, 4) is 0 Å². The second kappa shape index (κ2) is 5.72. The number of halogens is 2. The minimum atomic E-state index is -0.470. The Bertz CT molecular complexity index is 549. The fraction of sp³-hybridized carbons (Fsp3) is 0.562. The summed E-state index contributed by atoms with van der Waals surface area (Å²) in [4.78, 5) is 14.2. The lowest BCUT2D eigenvalue weighted by Crippen LogP contribution is -2.41. The number of carbonyl (C=O) groups is 1. The molecule has 1 aromatic carbocycles. The molecule has 1 saturated heterocycles. The summed E-state index contributed by atoms with van der Waals surface area (Å²) >= 11 is 0. The summed E-state index contributed by atoms with van der Waals surface area (Å²) in [5.41, 5.74) is 0.309. The third-order valence-electron chi connectivity index (χ3n) is 4.55. The number of hydrogen-bond donors (Lipinski definition) is 1. The van der Waals surface area contributed by atoms with Crippen LogP contribution >= 0.6 is 0 Å². The van der Waals surface area contributed by atoms with Gasteiger partial charge in [-0.3, -0.25) is 4.79 Å². The molecular weight excluding hydrogens is 276 g/mol. The highest BCUT2D eigenvalue weighted by Gasteiger charge is 2.47. The van der Waals surface area contributed by atoms with E-state index < -0.39 is 11.6 Å². The highest BCUT2D eigenvalue weighted by molar-refractivity contribution is 5.83. The van der Waals surface area contributed by atoms with Gasteiger partial charge in [-0.15, -0.1) is 0 Å². The number of rotatable bonds is 3. The Morgan fingerprint density at radius 2 is 2.19 bits per heavy atom. The third-order valence-corrected chi connectivity index (χ3v) is 4.55. The molecule has 114 valence electrons. The molecule has 3 atom stereocenters. The van der Waals surface area contributed by atoms with Crippen LogP contribution in [0.2, 0.25) is 0 Å². The molecule has 1 heterocycles. The summed E-state index contributed by atoms with van der Waals surface area (Å²) < 4.78 is 27.0. The fourth-order valence-electron chi connectivity index (χ4n) is 3.26. The largest absolute Gasteiger partial charge is 0.396 e. The van der Waals surface area contributed by atoms with Gasteiger partial charge in [0.25, 0.3) is 0 Å². The Hall–Kier alpha value is -1.49. The Kier molecular flexibility index (Phi) is 3.93. The van der Waals surface area contributed by atoms with Gasteiger partial charge in [0, 0.05) is 25.6 Å². The molecule has 3 nitrogen and oxygen atoms in total. The van der Waals surface area contributed by atoms with E-state index in [9.17, 15) is 18.7 Å². The van der Waals surface area contributed by atoms with Gasteiger partial charge in [-0.2, -0.15) is 0 Å². The number of piperidine rings is 1. The highest BCUT2D eigenvalue weighted by Crippen LogP contribution is 2.49. The van der Waals surface area contributed by atoms with E-state index in [2.05, 4.69) is 0 Å². The van der Waals surface area contributed by atoms with Crippen molar-refractivity contribution in [3.05, 3.63) is 35.4 Å². The van der Waals surface area contributed by atoms with Crippen LogP contribution in [0.5, 0.6) is 0 Å². The second-order valence-electron chi connectivity index (χ2n) is 6.09. The zero-order chi connectivity index (χ0) is 15.0. The summed E-state index contributed by atoms with van der Waals surface area (Å²) in [6.45, 7) is 1.37. The van der Waals surface area contributed by atoms with Gasteiger partial charge >= 0.3 is 0 Å². The normalized spacial score (nSPS) is 28.5. The first-order valence-corrected chi connectivity index (χ1v) is 7.44. The van der Waals surface area contributed by atoms with Gasteiger partial charge in [-0.25, -0.2) is 8.78 Å². The van der Waals surface area contributed by atoms with E-state index in [1.165, 1.54) is 6.07 Å². The van der Waals surface area contributed by atoms with Gasteiger partial charge < -0.3 is 10.0 Å². The zero-order valence-electron chi connectivity index (χ0n) is 11.8. The van der Waals surface area contributed by atoms with Crippen LogP contribution in [0.4, 0.5) is 8.78 Å². The van der Waals surface area contributed by atoms with Gasteiger partial charge in [0.2, 0.25) is 5.91 Å². The van der Waals surface area contributed by atoms with E-state index in [0.29, 0.717) is 25.1 Å². The van der Waals surface area contributed by atoms with Crippen LogP contribution in [0.25, 0.3) is 0 Å². The highest BCUT2D eigenvalue weighted by atomic mass is 19.1. The van der Waals surface area contributed by atoms with Crippen molar-refractivity contribution >= 4 is 5.91 Å². The molecule has 1 aromatic rings. The molecule has 0 aromatic heterocycles. The summed E-state index contributed by atoms with van der Waals surface area (Å²) in [5, 5.41) is 9.21. The maximum Gasteiger partial charge on any atom is 0.226 e. The van der Waals surface area contributed by atoms with Crippen molar-refractivity contribution in [2.75, 3.05) is 19.7 Å². The lowest BCUT2D eigenvalue weighted by atomic mass is 9.98. The van der Waals surface area contributed by atoms with Gasteiger partial charge in [0.05, 0.1) is 0 Å². The maximum absolute atomic E-state index is 13.7. The van der Waals surface area contributed by atoms with E-state index in [-0.39, 0.29) is 30.3 Å². The van der Waals surface area contributed by atoms with Crippen LogP contribution in [-0.4, -0.2) is 35.6 Å². The maximum atomic E-state index is 13.7. The Labute approximate surface area is 122 Å². The smallest absolute Gasteiger partial charge is 0.226 e. The zero-order valence-corrected chi connectivity index (χ0v) is 11.8. The van der Waals surface area contributed by atoms with Crippen LogP contribution in [0.3, 0.4) is 0 Å². The number of likely N-dealkylation sites (tertiary alicyclic amines) is 1. The van der Waals surface area contributed by atoms with Gasteiger partial charge in [0.15, 0.2) is 0 Å². The van der Waals surface area contributed by atoms with Gasteiger partial charge in [0.1, 0.15) is 11.6 Å². The first-order chi connectivity index (χ1) is 10.1. The predicted molar refractivity (Wildman–Crippen MR) is 73.6 cm³/mol. The quantitative estimate of drug-likeness (QED) is 0.929. The van der Waals surface area contributed by atoms with Crippen LogP contribution in [0, 0.1) is 23.5 Å². The molecule has 1 saturated carbocycles. The average molecular weight is 295 g/mol. The van der Waals surface area contributed by atoms with Gasteiger partial charge in [-0.1, -0.05) is 0 Å². The van der Waals surface area contributed by atoms with E-state index in [0.717, 1.165) is 25.0 Å². The van der Waals surface area contributed by atoms with Gasteiger partial charge in [-0.05, 0) is 54.9 Å².